The number of methoxy groups -OCH3 is 1. The van der Waals surface area contributed by atoms with Gasteiger partial charge in [-0.1, -0.05) is 6.92 Å². The van der Waals surface area contributed by atoms with Crippen LogP contribution in [0.15, 0.2) is 18.2 Å². The monoisotopic (exact) mass is 407 g/mol. The summed E-state index contributed by atoms with van der Waals surface area (Å²) < 4.78 is 9.73. The maximum absolute atomic E-state index is 12.1. The molecular formula is C19H25N3O7. The van der Waals surface area contributed by atoms with Crippen LogP contribution in [0.2, 0.25) is 0 Å². The zero-order valence-electron chi connectivity index (χ0n) is 16.4. The summed E-state index contributed by atoms with van der Waals surface area (Å²) in [5.74, 6) is -1.17. The van der Waals surface area contributed by atoms with Gasteiger partial charge in [-0.2, -0.15) is 0 Å². The molecule has 0 bridgehead atoms. The molecule has 2 amide bonds. The number of carbonyl (C=O) groups excluding carboxylic acids is 3. The lowest BCUT2D eigenvalue weighted by atomic mass is 9.87. The van der Waals surface area contributed by atoms with Gasteiger partial charge in [0.05, 0.1) is 12.0 Å². The van der Waals surface area contributed by atoms with Crippen molar-refractivity contribution in [3.05, 3.63) is 33.9 Å². The summed E-state index contributed by atoms with van der Waals surface area (Å²) in [6, 6.07) is 3.79. The molecule has 1 aromatic rings. The summed E-state index contributed by atoms with van der Waals surface area (Å²) in [4.78, 5) is 46.0. The molecule has 10 heteroatoms. The van der Waals surface area contributed by atoms with E-state index in [2.05, 4.69) is 17.6 Å². The Morgan fingerprint density at radius 2 is 1.90 bits per heavy atom. The standard InChI is InChI=1S/C19H25N3O7/c1-12-3-6-14(7-4-12)21-17(23)11-29-18(24)10-20-19(25)13-5-8-16(28-2)15(9-13)22(26)27/h5,8-9,12,14H,3-4,6-7,10-11H2,1-2H3,(H,20,25)(H,21,23). The van der Waals surface area contributed by atoms with E-state index in [9.17, 15) is 24.5 Å². The number of ether oxygens (including phenoxy) is 2. The summed E-state index contributed by atoms with van der Waals surface area (Å²) in [6.45, 7) is 1.29. The number of nitro benzene ring substituents is 1. The van der Waals surface area contributed by atoms with Crippen LogP contribution in [0.1, 0.15) is 43.0 Å². The third-order valence-electron chi connectivity index (χ3n) is 4.78. The van der Waals surface area contributed by atoms with Crippen LogP contribution in [0.3, 0.4) is 0 Å². The van der Waals surface area contributed by atoms with Crippen molar-refractivity contribution < 1.29 is 28.8 Å². The number of amides is 2. The third-order valence-corrected chi connectivity index (χ3v) is 4.78. The predicted molar refractivity (Wildman–Crippen MR) is 103 cm³/mol. The third kappa shape index (κ3) is 6.74. The number of rotatable bonds is 8. The Bertz CT molecular complexity index is 773. The average Bonchev–Trinajstić information content (AvgIpc) is 2.71. The van der Waals surface area contributed by atoms with Crippen LogP contribution in [0.4, 0.5) is 5.69 Å². The zero-order chi connectivity index (χ0) is 21.4. The van der Waals surface area contributed by atoms with E-state index >= 15 is 0 Å². The highest BCUT2D eigenvalue weighted by atomic mass is 16.6. The fraction of sp³-hybridized carbons (Fsp3) is 0.526. The molecule has 1 aromatic carbocycles. The molecular weight excluding hydrogens is 382 g/mol. The fourth-order valence-corrected chi connectivity index (χ4v) is 3.10. The van der Waals surface area contributed by atoms with Crippen LogP contribution < -0.4 is 15.4 Å². The van der Waals surface area contributed by atoms with Crippen molar-refractivity contribution in [2.45, 2.75) is 38.6 Å². The van der Waals surface area contributed by atoms with Gasteiger partial charge < -0.3 is 20.1 Å². The molecule has 1 aliphatic rings. The first-order valence-corrected chi connectivity index (χ1v) is 9.35. The van der Waals surface area contributed by atoms with Gasteiger partial charge >= 0.3 is 11.7 Å². The van der Waals surface area contributed by atoms with E-state index < -0.39 is 30.0 Å². The van der Waals surface area contributed by atoms with Gasteiger partial charge in [0.25, 0.3) is 11.8 Å². The number of hydrogen-bond donors (Lipinski definition) is 2. The van der Waals surface area contributed by atoms with Crippen molar-refractivity contribution in [1.82, 2.24) is 10.6 Å². The largest absolute Gasteiger partial charge is 0.490 e. The normalized spacial score (nSPS) is 18.4. The van der Waals surface area contributed by atoms with E-state index in [1.807, 2.05) is 0 Å². The Morgan fingerprint density at radius 3 is 2.52 bits per heavy atom. The van der Waals surface area contributed by atoms with Crippen molar-refractivity contribution >= 4 is 23.5 Å². The minimum absolute atomic E-state index is 0.00503. The summed E-state index contributed by atoms with van der Waals surface area (Å²) in [5, 5.41) is 16.1. The van der Waals surface area contributed by atoms with E-state index in [0.29, 0.717) is 5.92 Å². The molecule has 1 saturated carbocycles. The van der Waals surface area contributed by atoms with Gasteiger partial charge in [-0.15, -0.1) is 0 Å². The van der Waals surface area contributed by atoms with Gasteiger partial charge in [0.15, 0.2) is 12.4 Å². The van der Waals surface area contributed by atoms with Crippen LogP contribution in [0.5, 0.6) is 5.75 Å². The predicted octanol–water partition coefficient (Wildman–Crippen LogP) is 1.57. The number of nitrogens with zero attached hydrogens (tertiary/aromatic N) is 1. The Labute approximate surface area is 168 Å². The van der Waals surface area contributed by atoms with E-state index in [1.54, 1.807) is 0 Å². The molecule has 0 spiro atoms. The van der Waals surface area contributed by atoms with Gasteiger partial charge in [0, 0.05) is 17.7 Å². The van der Waals surface area contributed by atoms with Crippen molar-refractivity contribution in [3.8, 4) is 5.75 Å². The smallest absolute Gasteiger partial charge is 0.325 e. The Hall–Kier alpha value is -3.17. The highest BCUT2D eigenvalue weighted by Crippen LogP contribution is 2.27. The van der Waals surface area contributed by atoms with Crippen LogP contribution in [-0.4, -0.2) is 49.0 Å². The van der Waals surface area contributed by atoms with E-state index in [0.717, 1.165) is 31.7 Å². The molecule has 0 saturated heterocycles. The Balaban J connectivity index is 1.75. The maximum atomic E-state index is 12.1. The summed E-state index contributed by atoms with van der Waals surface area (Å²) in [6.07, 6.45) is 3.93. The number of nitrogens with one attached hydrogen (secondary N) is 2. The number of hydrogen-bond acceptors (Lipinski definition) is 7. The lowest BCUT2D eigenvalue weighted by Crippen LogP contribution is -2.40. The molecule has 0 atom stereocenters. The van der Waals surface area contributed by atoms with Gasteiger partial charge in [0.2, 0.25) is 0 Å². The van der Waals surface area contributed by atoms with E-state index in [-0.39, 0.29) is 28.9 Å². The molecule has 0 aliphatic heterocycles. The van der Waals surface area contributed by atoms with E-state index in [1.165, 1.54) is 19.2 Å². The first-order chi connectivity index (χ1) is 13.8. The summed E-state index contributed by atoms with van der Waals surface area (Å²) >= 11 is 0. The first-order valence-electron chi connectivity index (χ1n) is 9.35. The lowest BCUT2D eigenvalue weighted by Gasteiger charge is -2.26. The average molecular weight is 407 g/mol. The maximum Gasteiger partial charge on any atom is 0.325 e. The molecule has 0 radical (unpaired) electrons. The number of benzene rings is 1. The summed E-state index contributed by atoms with van der Waals surface area (Å²) in [5.41, 5.74) is -0.369. The van der Waals surface area contributed by atoms with Gasteiger partial charge in [0.1, 0.15) is 6.54 Å². The van der Waals surface area contributed by atoms with Crippen LogP contribution in [0, 0.1) is 16.0 Å². The second kappa shape index (κ2) is 10.4. The van der Waals surface area contributed by atoms with Crippen molar-refractivity contribution in [2.75, 3.05) is 20.3 Å². The fourth-order valence-electron chi connectivity index (χ4n) is 3.10. The minimum atomic E-state index is -0.784. The van der Waals surface area contributed by atoms with Gasteiger partial charge in [-0.3, -0.25) is 24.5 Å². The summed E-state index contributed by atoms with van der Waals surface area (Å²) in [7, 11) is 1.28. The molecule has 10 nitrogen and oxygen atoms in total. The molecule has 2 rings (SSSR count). The molecule has 1 aliphatic carbocycles. The van der Waals surface area contributed by atoms with Crippen molar-refractivity contribution in [2.24, 2.45) is 5.92 Å². The number of carbonyl (C=O) groups is 3. The second-order valence-electron chi connectivity index (χ2n) is 7.01. The van der Waals surface area contributed by atoms with Gasteiger partial charge in [-0.25, -0.2) is 0 Å². The molecule has 2 N–H and O–H groups in total. The molecule has 29 heavy (non-hydrogen) atoms. The zero-order valence-corrected chi connectivity index (χ0v) is 16.4. The molecule has 0 unspecified atom stereocenters. The molecule has 0 heterocycles. The minimum Gasteiger partial charge on any atom is -0.490 e. The van der Waals surface area contributed by atoms with E-state index in [4.69, 9.17) is 9.47 Å². The van der Waals surface area contributed by atoms with Crippen LogP contribution in [-0.2, 0) is 14.3 Å². The quantitative estimate of drug-likeness (QED) is 0.379. The van der Waals surface area contributed by atoms with Crippen LogP contribution in [0.25, 0.3) is 0 Å². The second-order valence-corrected chi connectivity index (χ2v) is 7.01. The van der Waals surface area contributed by atoms with Crippen molar-refractivity contribution in [3.63, 3.8) is 0 Å². The Kier molecular flexibility index (Phi) is 7.93. The SMILES string of the molecule is COc1ccc(C(=O)NCC(=O)OCC(=O)NC2CCC(C)CC2)cc1[N+](=O)[O-]. The van der Waals surface area contributed by atoms with Crippen molar-refractivity contribution in [1.29, 1.82) is 0 Å². The van der Waals surface area contributed by atoms with Gasteiger partial charge in [-0.05, 0) is 43.7 Å². The highest BCUT2D eigenvalue weighted by molar-refractivity contribution is 5.96. The number of esters is 1. The van der Waals surface area contributed by atoms with Crippen LogP contribution >= 0.6 is 0 Å². The lowest BCUT2D eigenvalue weighted by molar-refractivity contribution is -0.385. The highest BCUT2D eigenvalue weighted by Gasteiger charge is 2.21. The number of nitro groups is 1. The first kappa shape index (κ1) is 22.1. The molecule has 1 fully saturated rings. The molecule has 158 valence electrons. The molecule has 0 aromatic heterocycles. The Morgan fingerprint density at radius 1 is 1.21 bits per heavy atom. The topological polar surface area (TPSA) is 137 Å².